The van der Waals surface area contributed by atoms with Gasteiger partial charge in [-0.05, 0) is 36.8 Å². The van der Waals surface area contributed by atoms with E-state index in [0.717, 1.165) is 5.39 Å². The topological polar surface area (TPSA) is 66.8 Å². The third-order valence-electron chi connectivity index (χ3n) is 3.06. The van der Waals surface area contributed by atoms with E-state index in [0.29, 0.717) is 10.9 Å². The molecule has 2 rings (SSSR count). The van der Waals surface area contributed by atoms with E-state index in [4.69, 9.17) is 4.74 Å². The molecule has 19 heavy (non-hydrogen) atoms. The molecule has 0 spiro atoms. The predicted molar refractivity (Wildman–Crippen MR) is 71.8 cm³/mol. The first-order valence-electron chi connectivity index (χ1n) is 6.08. The molecule has 4 nitrogen and oxygen atoms in total. The highest BCUT2D eigenvalue weighted by Gasteiger charge is 2.35. The van der Waals surface area contributed by atoms with Crippen LogP contribution in [0.3, 0.4) is 0 Å². The van der Waals surface area contributed by atoms with Crippen LogP contribution in [0.15, 0.2) is 36.4 Å². The number of benzene rings is 2. The molecule has 2 aromatic rings. The molecule has 0 aliphatic heterocycles. The number of hydrogen-bond donors (Lipinski definition) is 2. The quantitative estimate of drug-likeness (QED) is 0.831. The molecule has 0 aromatic heterocycles. The van der Waals surface area contributed by atoms with Crippen molar-refractivity contribution in [2.45, 2.75) is 19.4 Å². The second kappa shape index (κ2) is 4.90. The van der Waals surface area contributed by atoms with Crippen LogP contribution in [0.1, 0.15) is 19.4 Å². The van der Waals surface area contributed by atoms with Gasteiger partial charge >= 0.3 is 5.97 Å². The Morgan fingerprint density at radius 3 is 2.74 bits per heavy atom. The summed E-state index contributed by atoms with van der Waals surface area (Å²) in [5, 5.41) is 21.4. The molecule has 4 heteroatoms. The Balaban J connectivity index is 2.61. The molecule has 0 saturated carbocycles. The normalized spacial score (nSPS) is 14.1. The zero-order valence-corrected chi connectivity index (χ0v) is 10.9. The van der Waals surface area contributed by atoms with E-state index in [2.05, 4.69) is 0 Å². The lowest BCUT2D eigenvalue weighted by Gasteiger charge is -2.23. The standard InChI is InChI=1S/C15H16O4/c1-3-19-14(17)15(2,18)13-6-4-5-10-7-8-11(16)9-12(10)13/h4-9,16,18H,3H2,1-2H3. The second-order valence-corrected chi connectivity index (χ2v) is 4.50. The molecular weight excluding hydrogens is 244 g/mol. The van der Waals surface area contributed by atoms with Crippen LogP contribution in [-0.4, -0.2) is 22.8 Å². The molecule has 0 radical (unpaired) electrons. The minimum absolute atomic E-state index is 0.0830. The lowest BCUT2D eigenvalue weighted by molar-refractivity contribution is -0.164. The number of hydrogen-bond acceptors (Lipinski definition) is 4. The predicted octanol–water partition coefficient (Wildman–Crippen LogP) is 2.32. The summed E-state index contributed by atoms with van der Waals surface area (Å²) < 4.78 is 4.89. The molecule has 1 atom stereocenters. The maximum atomic E-state index is 11.9. The number of rotatable bonds is 3. The van der Waals surface area contributed by atoms with Crippen molar-refractivity contribution in [1.82, 2.24) is 0 Å². The Morgan fingerprint density at radius 1 is 1.32 bits per heavy atom. The average molecular weight is 260 g/mol. The summed E-state index contributed by atoms with van der Waals surface area (Å²) in [5.41, 5.74) is -1.33. The Morgan fingerprint density at radius 2 is 2.05 bits per heavy atom. The molecule has 1 unspecified atom stereocenters. The third kappa shape index (κ3) is 2.39. The smallest absolute Gasteiger partial charge is 0.342 e. The average Bonchev–Trinajstić information content (AvgIpc) is 2.38. The zero-order valence-electron chi connectivity index (χ0n) is 10.9. The van der Waals surface area contributed by atoms with E-state index >= 15 is 0 Å². The van der Waals surface area contributed by atoms with Crippen LogP contribution in [0.2, 0.25) is 0 Å². The molecule has 0 fully saturated rings. The number of carbonyl (C=O) groups is 1. The van der Waals surface area contributed by atoms with Gasteiger partial charge in [0.2, 0.25) is 0 Å². The summed E-state index contributed by atoms with van der Waals surface area (Å²) in [6, 6.07) is 10.1. The molecular formula is C15H16O4. The lowest BCUT2D eigenvalue weighted by Crippen LogP contribution is -2.34. The number of phenols is 1. The van der Waals surface area contributed by atoms with Gasteiger partial charge in [-0.15, -0.1) is 0 Å². The Kier molecular flexibility index (Phi) is 3.44. The van der Waals surface area contributed by atoms with Gasteiger partial charge in [0.1, 0.15) is 5.75 Å². The van der Waals surface area contributed by atoms with Gasteiger partial charge in [0, 0.05) is 5.56 Å². The first kappa shape index (κ1) is 13.4. The van der Waals surface area contributed by atoms with Crippen molar-refractivity contribution in [3.63, 3.8) is 0 Å². The minimum Gasteiger partial charge on any atom is -0.508 e. The SMILES string of the molecule is CCOC(=O)C(C)(O)c1cccc2ccc(O)cc12. The fourth-order valence-corrected chi connectivity index (χ4v) is 2.07. The summed E-state index contributed by atoms with van der Waals surface area (Å²) in [6.45, 7) is 3.28. The van der Waals surface area contributed by atoms with Crippen LogP contribution in [0.25, 0.3) is 10.8 Å². The molecule has 0 saturated heterocycles. The molecule has 0 aliphatic rings. The first-order chi connectivity index (χ1) is 8.96. The van der Waals surface area contributed by atoms with Crippen molar-refractivity contribution in [2.24, 2.45) is 0 Å². The Hall–Kier alpha value is -2.07. The Labute approximate surface area is 111 Å². The van der Waals surface area contributed by atoms with Gasteiger partial charge in [0.15, 0.2) is 5.60 Å². The van der Waals surface area contributed by atoms with Gasteiger partial charge in [0.25, 0.3) is 0 Å². The van der Waals surface area contributed by atoms with E-state index in [1.54, 1.807) is 31.2 Å². The number of carbonyl (C=O) groups excluding carboxylic acids is 1. The van der Waals surface area contributed by atoms with E-state index in [-0.39, 0.29) is 12.4 Å². The van der Waals surface area contributed by atoms with E-state index < -0.39 is 11.6 Å². The summed E-state index contributed by atoms with van der Waals surface area (Å²) in [6.07, 6.45) is 0. The largest absolute Gasteiger partial charge is 0.508 e. The van der Waals surface area contributed by atoms with Crippen LogP contribution in [0.4, 0.5) is 0 Å². The van der Waals surface area contributed by atoms with Gasteiger partial charge in [0.05, 0.1) is 6.61 Å². The molecule has 0 heterocycles. The fraction of sp³-hybridized carbons (Fsp3) is 0.267. The van der Waals surface area contributed by atoms with Crippen LogP contribution in [0.5, 0.6) is 5.75 Å². The number of ether oxygens (including phenoxy) is 1. The summed E-state index contributed by atoms with van der Waals surface area (Å²) >= 11 is 0. The monoisotopic (exact) mass is 260 g/mol. The zero-order chi connectivity index (χ0) is 14.0. The maximum Gasteiger partial charge on any atom is 0.342 e. The van der Waals surface area contributed by atoms with Gasteiger partial charge in [-0.25, -0.2) is 4.79 Å². The van der Waals surface area contributed by atoms with Gasteiger partial charge < -0.3 is 14.9 Å². The molecule has 100 valence electrons. The third-order valence-corrected chi connectivity index (χ3v) is 3.06. The van der Waals surface area contributed by atoms with Crippen molar-refractivity contribution in [3.05, 3.63) is 42.0 Å². The fourth-order valence-electron chi connectivity index (χ4n) is 2.07. The molecule has 0 bridgehead atoms. The van der Waals surface area contributed by atoms with Gasteiger partial charge in [-0.3, -0.25) is 0 Å². The molecule has 2 N–H and O–H groups in total. The second-order valence-electron chi connectivity index (χ2n) is 4.50. The van der Waals surface area contributed by atoms with E-state index in [1.807, 2.05) is 6.07 Å². The van der Waals surface area contributed by atoms with Crippen molar-refractivity contribution < 1.29 is 19.7 Å². The molecule has 0 amide bonds. The van der Waals surface area contributed by atoms with Crippen LogP contribution < -0.4 is 0 Å². The highest BCUT2D eigenvalue weighted by atomic mass is 16.5. The number of phenolic OH excluding ortho intramolecular Hbond substituents is 1. The summed E-state index contributed by atoms with van der Waals surface area (Å²) in [5.74, 6) is -0.620. The highest BCUT2D eigenvalue weighted by molar-refractivity contribution is 5.93. The first-order valence-corrected chi connectivity index (χ1v) is 6.08. The van der Waals surface area contributed by atoms with Crippen molar-refractivity contribution in [1.29, 1.82) is 0 Å². The number of aliphatic hydroxyl groups is 1. The minimum atomic E-state index is -1.75. The van der Waals surface area contributed by atoms with E-state index in [9.17, 15) is 15.0 Å². The summed E-state index contributed by atoms with van der Waals surface area (Å²) in [7, 11) is 0. The van der Waals surface area contributed by atoms with Crippen LogP contribution in [-0.2, 0) is 15.1 Å². The highest BCUT2D eigenvalue weighted by Crippen LogP contribution is 2.31. The Bertz CT molecular complexity index is 617. The van der Waals surface area contributed by atoms with Crippen molar-refractivity contribution in [2.75, 3.05) is 6.61 Å². The maximum absolute atomic E-state index is 11.9. The van der Waals surface area contributed by atoms with Gasteiger partial charge in [-0.1, -0.05) is 24.3 Å². The van der Waals surface area contributed by atoms with E-state index in [1.165, 1.54) is 13.0 Å². The molecule has 0 aliphatic carbocycles. The number of fused-ring (bicyclic) bond motifs is 1. The van der Waals surface area contributed by atoms with Crippen molar-refractivity contribution >= 4 is 16.7 Å². The summed E-state index contributed by atoms with van der Waals surface area (Å²) in [4.78, 5) is 11.9. The van der Waals surface area contributed by atoms with Crippen LogP contribution >= 0.6 is 0 Å². The number of esters is 1. The van der Waals surface area contributed by atoms with Crippen molar-refractivity contribution in [3.8, 4) is 5.75 Å². The lowest BCUT2D eigenvalue weighted by atomic mass is 9.91. The van der Waals surface area contributed by atoms with Gasteiger partial charge in [-0.2, -0.15) is 0 Å². The van der Waals surface area contributed by atoms with Crippen LogP contribution in [0, 0.1) is 0 Å². The molecule has 2 aromatic carbocycles. The number of aromatic hydroxyl groups is 1.